The summed E-state index contributed by atoms with van der Waals surface area (Å²) < 4.78 is 13.7. The van der Waals surface area contributed by atoms with Crippen LogP contribution in [0.4, 0.5) is 10.1 Å². The van der Waals surface area contributed by atoms with Gasteiger partial charge in [-0.3, -0.25) is 4.79 Å². The predicted molar refractivity (Wildman–Crippen MR) is 79.3 cm³/mol. The number of carbonyl (C=O) groups excluding carboxylic acids is 1. The first-order valence-electron chi connectivity index (χ1n) is 7.14. The quantitative estimate of drug-likeness (QED) is 0.830. The van der Waals surface area contributed by atoms with Crippen LogP contribution < -0.4 is 4.90 Å². The number of halogens is 1. The Balaban J connectivity index is 1.93. The minimum Gasteiger partial charge on any atom is -0.366 e. The van der Waals surface area contributed by atoms with Gasteiger partial charge in [-0.1, -0.05) is 32.9 Å². The van der Waals surface area contributed by atoms with Crippen LogP contribution in [-0.4, -0.2) is 37.0 Å². The molecular formula is C16H23FN2O. The first-order chi connectivity index (χ1) is 9.37. The van der Waals surface area contributed by atoms with Crippen molar-refractivity contribution >= 4 is 11.6 Å². The van der Waals surface area contributed by atoms with Gasteiger partial charge in [0.25, 0.3) is 0 Å². The van der Waals surface area contributed by atoms with E-state index >= 15 is 0 Å². The van der Waals surface area contributed by atoms with E-state index in [1.165, 1.54) is 6.07 Å². The van der Waals surface area contributed by atoms with Crippen LogP contribution >= 0.6 is 0 Å². The second-order valence-corrected chi connectivity index (χ2v) is 6.56. The van der Waals surface area contributed by atoms with Gasteiger partial charge >= 0.3 is 0 Å². The largest absolute Gasteiger partial charge is 0.366 e. The van der Waals surface area contributed by atoms with Gasteiger partial charge in [0.05, 0.1) is 5.69 Å². The maximum absolute atomic E-state index is 13.7. The minimum absolute atomic E-state index is 0.0136. The van der Waals surface area contributed by atoms with E-state index in [0.29, 0.717) is 38.3 Å². The first kappa shape index (κ1) is 14.8. The van der Waals surface area contributed by atoms with E-state index in [0.717, 1.165) is 0 Å². The molecule has 1 amide bonds. The Labute approximate surface area is 120 Å². The van der Waals surface area contributed by atoms with E-state index < -0.39 is 0 Å². The molecule has 0 unspecified atom stereocenters. The van der Waals surface area contributed by atoms with Crippen molar-refractivity contribution in [3.05, 3.63) is 30.1 Å². The van der Waals surface area contributed by atoms with Crippen molar-refractivity contribution in [1.82, 2.24) is 4.90 Å². The molecule has 3 nitrogen and oxygen atoms in total. The van der Waals surface area contributed by atoms with Gasteiger partial charge in [0.1, 0.15) is 5.82 Å². The van der Waals surface area contributed by atoms with Gasteiger partial charge in [0, 0.05) is 32.6 Å². The molecule has 0 aromatic heterocycles. The molecule has 1 aromatic carbocycles. The number of carbonyl (C=O) groups is 1. The molecule has 1 aliphatic rings. The highest BCUT2D eigenvalue weighted by molar-refractivity contribution is 5.77. The van der Waals surface area contributed by atoms with Crippen molar-refractivity contribution in [2.75, 3.05) is 31.1 Å². The summed E-state index contributed by atoms with van der Waals surface area (Å²) in [5.74, 6) is 0.00708. The Kier molecular flexibility index (Phi) is 4.31. The highest BCUT2D eigenvalue weighted by atomic mass is 19.1. The fraction of sp³-hybridized carbons (Fsp3) is 0.562. The molecule has 20 heavy (non-hydrogen) atoms. The smallest absolute Gasteiger partial charge is 0.223 e. The molecule has 0 N–H and O–H groups in total. The zero-order chi connectivity index (χ0) is 14.8. The standard InChI is InChI=1S/C16H23FN2O/c1-16(2,3)12-15(20)19-10-8-18(9-11-19)14-7-5-4-6-13(14)17/h4-7H,8-12H2,1-3H3. The predicted octanol–water partition coefficient (Wildman–Crippen LogP) is 2.91. The second kappa shape index (κ2) is 5.81. The third kappa shape index (κ3) is 3.71. The van der Waals surface area contributed by atoms with E-state index in [9.17, 15) is 9.18 Å². The summed E-state index contributed by atoms with van der Waals surface area (Å²) in [6.45, 7) is 8.93. The van der Waals surface area contributed by atoms with Crippen molar-refractivity contribution in [2.45, 2.75) is 27.2 Å². The number of amides is 1. The van der Waals surface area contributed by atoms with Gasteiger partial charge in [-0.05, 0) is 17.5 Å². The van der Waals surface area contributed by atoms with Gasteiger partial charge in [0.15, 0.2) is 0 Å². The van der Waals surface area contributed by atoms with Gasteiger partial charge in [-0.15, -0.1) is 0 Å². The molecule has 0 bridgehead atoms. The molecule has 0 radical (unpaired) electrons. The minimum atomic E-state index is -0.193. The third-order valence-corrected chi connectivity index (χ3v) is 3.51. The zero-order valence-corrected chi connectivity index (χ0v) is 12.5. The summed E-state index contributed by atoms with van der Waals surface area (Å²) >= 11 is 0. The molecule has 110 valence electrons. The number of nitrogens with zero attached hydrogens (tertiary/aromatic N) is 2. The highest BCUT2D eigenvalue weighted by Gasteiger charge is 2.25. The number of piperazine rings is 1. The molecule has 4 heteroatoms. The van der Waals surface area contributed by atoms with Crippen molar-refractivity contribution < 1.29 is 9.18 Å². The topological polar surface area (TPSA) is 23.6 Å². The lowest BCUT2D eigenvalue weighted by Gasteiger charge is -2.37. The lowest BCUT2D eigenvalue weighted by atomic mass is 9.91. The lowest BCUT2D eigenvalue weighted by molar-refractivity contribution is -0.133. The molecule has 2 rings (SSSR count). The molecule has 1 aliphatic heterocycles. The van der Waals surface area contributed by atoms with Crippen LogP contribution in [-0.2, 0) is 4.79 Å². The molecule has 1 saturated heterocycles. The summed E-state index contributed by atoms with van der Waals surface area (Å²) in [6.07, 6.45) is 0.562. The molecule has 1 heterocycles. The Morgan fingerprint density at radius 1 is 1.15 bits per heavy atom. The van der Waals surface area contributed by atoms with Gasteiger partial charge in [-0.25, -0.2) is 4.39 Å². The average Bonchev–Trinajstić information content (AvgIpc) is 2.37. The number of hydrogen-bond donors (Lipinski definition) is 0. The number of rotatable bonds is 2. The zero-order valence-electron chi connectivity index (χ0n) is 12.5. The molecular weight excluding hydrogens is 255 g/mol. The van der Waals surface area contributed by atoms with E-state index in [1.807, 2.05) is 15.9 Å². The van der Waals surface area contributed by atoms with Crippen LogP contribution in [0.15, 0.2) is 24.3 Å². The Bertz CT molecular complexity index is 474. The van der Waals surface area contributed by atoms with E-state index in [2.05, 4.69) is 20.8 Å². The van der Waals surface area contributed by atoms with Crippen LogP contribution in [0.2, 0.25) is 0 Å². The number of benzene rings is 1. The van der Waals surface area contributed by atoms with Gasteiger partial charge in [-0.2, -0.15) is 0 Å². The maximum Gasteiger partial charge on any atom is 0.223 e. The molecule has 1 fully saturated rings. The van der Waals surface area contributed by atoms with E-state index in [1.54, 1.807) is 12.1 Å². The Morgan fingerprint density at radius 3 is 2.30 bits per heavy atom. The summed E-state index contributed by atoms with van der Waals surface area (Å²) in [4.78, 5) is 16.1. The fourth-order valence-electron chi connectivity index (χ4n) is 2.47. The highest BCUT2D eigenvalue weighted by Crippen LogP contribution is 2.23. The van der Waals surface area contributed by atoms with Crippen molar-refractivity contribution in [3.63, 3.8) is 0 Å². The van der Waals surface area contributed by atoms with Crippen molar-refractivity contribution in [1.29, 1.82) is 0 Å². The first-order valence-corrected chi connectivity index (χ1v) is 7.14. The third-order valence-electron chi connectivity index (χ3n) is 3.51. The summed E-state index contributed by atoms with van der Waals surface area (Å²) in [7, 11) is 0. The van der Waals surface area contributed by atoms with E-state index in [-0.39, 0.29) is 17.1 Å². The second-order valence-electron chi connectivity index (χ2n) is 6.56. The molecule has 0 saturated carbocycles. The number of para-hydroxylation sites is 1. The summed E-state index contributed by atoms with van der Waals surface area (Å²) in [6, 6.07) is 6.81. The molecule has 0 atom stereocenters. The molecule has 0 aliphatic carbocycles. The maximum atomic E-state index is 13.7. The van der Waals surface area contributed by atoms with Crippen LogP contribution in [0.1, 0.15) is 27.2 Å². The van der Waals surface area contributed by atoms with Crippen molar-refractivity contribution in [2.24, 2.45) is 5.41 Å². The fourth-order valence-corrected chi connectivity index (χ4v) is 2.47. The van der Waals surface area contributed by atoms with Crippen molar-refractivity contribution in [3.8, 4) is 0 Å². The Morgan fingerprint density at radius 2 is 1.75 bits per heavy atom. The SMILES string of the molecule is CC(C)(C)CC(=O)N1CCN(c2ccccc2F)CC1. The molecule has 0 spiro atoms. The van der Waals surface area contributed by atoms with Gasteiger partial charge in [0.2, 0.25) is 5.91 Å². The average molecular weight is 278 g/mol. The summed E-state index contributed by atoms with van der Waals surface area (Å²) in [5, 5.41) is 0. The van der Waals surface area contributed by atoms with Crippen LogP contribution in [0.5, 0.6) is 0 Å². The lowest BCUT2D eigenvalue weighted by Crippen LogP contribution is -2.49. The summed E-state index contributed by atoms with van der Waals surface area (Å²) in [5.41, 5.74) is 0.648. The van der Waals surface area contributed by atoms with Gasteiger partial charge < -0.3 is 9.80 Å². The number of anilines is 1. The monoisotopic (exact) mass is 278 g/mol. The normalized spacial score (nSPS) is 16.4. The number of hydrogen-bond acceptors (Lipinski definition) is 2. The molecule has 1 aromatic rings. The van der Waals surface area contributed by atoms with Crippen LogP contribution in [0.25, 0.3) is 0 Å². The van der Waals surface area contributed by atoms with Crippen LogP contribution in [0, 0.1) is 11.2 Å². The van der Waals surface area contributed by atoms with Crippen LogP contribution in [0.3, 0.4) is 0 Å². The Hall–Kier alpha value is -1.58. The van der Waals surface area contributed by atoms with E-state index in [4.69, 9.17) is 0 Å².